The monoisotopic (exact) mass is 384 g/mol. The van der Waals surface area contributed by atoms with Gasteiger partial charge >= 0.3 is 0 Å². The molecule has 0 saturated carbocycles. The molecule has 3 aromatic rings. The zero-order valence-corrected chi connectivity index (χ0v) is 17.0. The number of aromatic amines is 1. The van der Waals surface area contributed by atoms with E-state index in [1.54, 1.807) is 14.2 Å². The lowest BCUT2D eigenvalue weighted by molar-refractivity contribution is 0.226. The van der Waals surface area contributed by atoms with Crippen molar-refractivity contribution in [1.29, 1.82) is 0 Å². The van der Waals surface area contributed by atoms with Crippen LogP contribution in [0.1, 0.15) is 28.4 Å². The van der Waals surface area contributed by atoms with Gasteiger partial charge in [-0.2, -0.15) is 0 Å². The Balaban J connectivity index is 1.76. The number of H-pyrrole nitrogens is 1. The maximum atomic E-state index is 6.65. The molecule has 1 N–H and O–H groups in total. The van der Waals surface area contributed by atoms with E-state index in [9.17, 15) is 0 Å². The number of aromatic nitrogens is 1. The Bertz CT molecular complexity index is 996. The SMILES string of the molecule is COc1ccc(CC2c3[nH]c4ccc(C)cc4c3CCN2C)c(Cl)c1OC. The van der Waals surface area contributed by atoms with E-state index in [1.165, 1.54) is 27.7 Å². The molecule has 5 heteroatoms. The van der Waals surface area contributed by atoms with E-state index in [1.807, 2.05) is 12.1 Å². The Kier molecular flexibility index (Phi) is 4.79. The normalized spacial score (nSPS) is 17.1. The van der Waals surface area contributed by atoms with E-state index in [0.29, 0.717) is 16.5 Å². The maximum absolute atomic E-state index is 6.65. The van der Waals surface area contributed by atoms with Gasteiger partial charge in [-0.05, 0) is 56.1 Å². The van der Waals surface area contributed by atoms with Crippen LogP contribution in [0.4, 0.5) is 0 Å². The quantitative estimate of drug-likeness (QED) is 0.693. The zero-order valence-electron chi connectivity index (χ0n) is 16.2. The average molecular weight is 385 g/mol. The fraction of sp³-hybridized carbons (Fsp3) is 0.364. The van der Waals surface area contributed by atoms with Crippen LogP contribution in [0.15, 0.2) is 30.3 Å². The second kappa shape index (κ2) is 7.10. The Labute approximate surface area is 165 Å². The van der Waals surface area contributed by atoms with Gasteiger partial charge in [-0.1, -0.05) is 29.3 Å². The Morgan fingerprint density at radius 2 is 2.00 bits per heavy atom. The number of halogens is 1. The molecule has 0 bridgehead atoms. The summed E-state index contributed by atoms with van der Waals surface area (Å²) in [6.07, 6.45) is 1.87. The van der Waals surface area contributed by atoms with Crippen molar-refractivity contribution < 1.29 is 9.47 Å². The van der Waals surface area contributed by atoms with Gasteiger partial charge in [0.15, 0.2) is 11.5 Å². The van der Waals surface area contributed by atoms with Crippen molar-refractivity contribution in [3.63, 3.8) is 0 Å². The third kappa shape index (κ3) is 3.07. The number of likely N-dealkylation sites (N-methyl/N-ethyl adjacent to an activating group) is 1. The molecule has 0 radical (unpaired) electrons. The van der Waals surface area contributed by atoms with Gasteiger partial charge in [-0.15, -0.1) is 0 Å². The molecule has 4 nitrogen and oxygen atoms in total. The lowest BCUT2D eigenvalue weighted by Gasteiger charge is -2.33. The van der Waals surface area contributed by atoms with Gasteiger partial charge < -0.3 is 14.5 Å². The number of hydrogen-bond acceptors (Lipinski definition) is 3. The summed E-state index contributed by atoms with van der Waals surface area (Å²) in [6, 6.07) is 10.8. The predicted octanol–water partition coefficient (Wildman–Crippen LogP) is 4.92. The molecule has 0 amide bonds. The van der Waals surface area contributed by atoms with E-state index < -0.39 is 0 Å². The molecule has 1 aliphatic rings. The molecule has 0 spiro atoms. The summed E-state index contributed by atoms with van der Waals surface area (Å²) >= 11 is 6.65. The van der Waals surface area contributed by atoms with E-state index >= 15 is 0 Å². The smallest absolute Gasteiger partial charge is 0.179 e. The first-order valence-corrected chi connectivity index (χ1v) is 9.62. The summed E-state index contributed by atoms with van der Waals surface area (Å²) in [7, 11) is 5.43. The fourth-order valence-electron chi connectivity index (χ4n) is 4.15. The Morgan fingerprint density at radius 3 is 2.74 bits per heavy atom. The molecule has 2 heterocycles. The van der Waals surface area contributed by atoms with Crippen LogP contribution in [0.2, 0.25) is 5.02 Å². The standard InChI is InChI=1S/C22H25ClN2O2/c1-13-5-7-17-16(11-13)15-9-10-25(2)18(21(15)24-17)12-14-6-8-19(26-3)22(27-4)20(14)23/h5-8,11,18,24H,9-10,12H2,1-4H3. The molecule has 0 aliphatic carbocycles. The van der Waals surface area contributed by atoms with Crippen LogP contribution in [0, 0.1) is 6.92 Å². The van der Waals surface area contributed by atoms with E-state index in [4.69, 9.17) is 21.1 Å². The third-order valence-electron chi connectivity index (χ3n) is 5.65. The minimum atomic E-state index is 0.247. The maximum Gasteiger partial charge on any atom is 0.179 e. The third-order valence-corrected chi connectivity index (χ3v) is 6.07. The molecule has 0 saturated heterocycles. The predicted molar refractivity (Wildman–Crippen MR) is 110 cm³/mol. The molecular formula is C22H25ClN2O2. The molecule has 2 aromatic carbocycles. The van der Waals surface area contributed by atoms with Gasteiger partial charge in [0, 0.05) is 23.1 Å². The first-order chi connectivity index (χ1) is 13.0. The molecule has 1 aliphatic heterocycles. The highest BCUT2D eigenvalue weighted by Crippen LogP contribution is 2.41. The lowest BCUT2D eigenvalue weighted by atomic mass is 9.93. The Hall–Kier alpha value is -2.17. The molecule has 0 fully saturated rings. The minimum absolute atomic E-state index is 0.247. The molecule has 1 unspecified atom stereocenters. The number of fused-ring (bicyclic) bond motifs is 3. The molecule has 1 atom stereocenters. The molecular weight excluding hydrogens is 360 g/mol. The number of nitrogens with one attached hydrogen (secondary N) is 1. The summed E-state index contributed by atoms with van der Waals surface area (Å²) in [6.45, 7) is 3.18. The summed E-state index contributed by atoms with van der Waals surface area (Å²) in [4.78, 5) is 6.07. The van der Waals surface area contributed by atoms with Crippen LogP contribution in [0.3, 0.4) is 0 Å². The van der Waals surface area contributed by atoms with Gasteiger partial charge in [-0.3, -0.25) is 4.90 Å². The van der Waals surface area contributed by atoms with Crippen LogP contribution in [0.5, 0.6) is 11.5 Å². The summed E-state index contributed by atoms with van der Waals surface area (Å²) < 4.78 is 10.8. The van der Waals surface area contributed by atoms with Crippen LogP contribution in [-0.4, -0.2) is 37.7 Å². The number of methoxy groups -OCH3 is 2. The largest absolute Gasteiger partial charge is 0.493 e. The summed E-state index contributed by atoms with van der Waals surface area (Å²) in [5.74, 6) is 1.26. The van der Waals surface area contributed by atoms with Crippen molar-refractivity contribution in [1.82, 2.24) is 9.88 Å². The van der Waals surface area contributed by atoms with Crippen molar-refractivity contribution in [2.45, 2.75) is 25.8 Å². The van der Waals surface area contributed by atoms with E-state index in [0.717, 1.165) is 24.9 Å². The molecule has 1 aromatic heterocycles. The number of rotatable bonds is 4. The van der Waals surface area contributed by atoms with Gasteiger partial charge in [0.25, 0.3) is 0 Å². The van der Waals surface area contributed by atoms with Crippen molar-refractivity contribution >= 4 is 22.5 Å². The van der Waals surface area contributed by atoms with Crippen molar-refractivity contribution in [3.8, 4) is 11.5 Å². The van der Waals surface area contributed by atoms with E-state index in [-0.39, 0.29) is 6.04 Å². The molecule has 4 rings (SSSR count). The highest BCUT2D eigenvalue weighted by Gasteiger charge is 2.29. The number of aryl methyl sites for hydroxylation is 1. The molecule has 27 heavy (non-hydrogen) atoms. The Morgan fingerprint density at radius 1 is 1.19 bits per heavy atom. The van der Waals surface area contributed by atoms with Crippen LogP contribution >= 0.6 is 11.6 Å². The topological polar surface area (TPSA) is 37.5 Å². The van der Waals surface area contributed by atoms with Crippen molar-refractivity contribution in [2.75, 3.05) is 27.8 Å². The second-order valence-corrected chi connectivity index (χ2v) is 7.67. The van der Waals surface area contributed by atoms with Crippen molar-refractivity contribution in [3.05, 3.63) is 57.7 Å². The number of ether oxygens (including phenoxy) is 2. The summed E-state index contributed by atoms with van der Waals surface area (Å²) in [5.41, 5.74) is 6.31. The number of benzene rings is 2. The number of hydrogen-bond donors (Lipinski definition) is 1. The van der Waals surface area contributed by atoms with E-state index in [2.05, 4.69) is 42.1 Å². The zero-order chi connectivity index (χ0) is 19.1. The van der Waals surface area contributed by atoms with Crippen LogP contribution in [0.25, 0.3) is 10.9 Å². The van der Waals surface area contributed by atoms with Gasteiger partial charge in [0.2, 0.25) is 0 Å². The van der Waals surface area contributed by atoms with Crippen LogP contribution < -0.4 is 9.47 Å². The van der Waals surface area contributed by atoms with Crippen LogP contribution in [-0.2, 0) is 12.8 Å². The highest BCUT2D eigenvalue weighted by molar-refractivity contribution is 6.33. The average Bonchev–Trinajstić information content (AvgIpc) is 3.03. The second-order valence-electron chi connectivity index (χ2n) is 7.29. The highest BCUT2D eigenvalue weighted by atomic mass is 35.5. The minimum Gasteiger partial charge on any atom is -0.493 e. The first-order valence-electron chi connectivity index (χ1n) is 9.24. The van der Waals surface area contributed by atoms with Gasteiger partial charge in [-0.25, -0.2) is 0 Å². The lowest BCUT2D eigenvalue weighted by Crippen LogP contribution is -2.33. The molecule has 142 valence electrons. The summed E-state index contributed by atoms with van der Waals surface area (Å²) in [5, 5.41) is 1.98. The number of nitrogens with zero attached hydrogens (tertiary/aromatic N) is 1. The first kappa shape index (κ1) is 18.2. The fourth-order valence-corrected chi connectivity index (χ4v) is 4.46. The van der Waals surface area contributed by atoms with Gasteiger partial charge in [0.1, 0.15) is 0 Å². The van der Waals surface area contributed by atoms with Crippen molar-refractivity contribution in [2.24, 2.45) is 0 Å². The van der Waals surface area contributed by atoms with Gasteiger partial charge in [0.05, 0.1) is 25.3 Å².